The number of hydrogen-bond donors (Lipinski definition) is 1. The van der Waals surface area contributed by atoms with Crippen LogP contribution in [0.2, 0.25) is 0 Å². The molecule has 1 N–H and O–H groups in total. The Hall–Kier alpha value is -1.39. The van der Waals surface area contributed by atoms with Crippen molar-refractivity contribution in [3.05, 3.63) is 35.4 Å². The molecular formula is C15H22N2O2. The molecule has 2 rings (SSSR count). The average Bonchev–Trinajstić information content (AvgIpc) is 2.45. The molecule has 0 atom stereocenters. The molecule has 1 aromatic rings. The van der Waals surface area contributed by atoms with Gasteiger partial charge in [0.25, 0.3) is 5.91 Å². The topological polar surface area (TPSA) is 41.6 Å². The molecule has 0 bridgehead atoms. The summed E-state index contributed by atoms with van der Waals surface area (Å²) < 4.78 is 0. The molecule has 4 heteroatoms. The lowest BCUT2D eigenvalue weighted by atomic mass is 10.1. The SMILES string of the molecule is Cc1ccc(C(=O)NOCCN2CCCCC2)cc1. The molecule has 0 saturated carbocycles. The Balaban J connectivity index is 1.64. The maximum Gasteiger partial charge on any atom is 0.274 e. The highest BCUT2D eigenvalue weighted by Gasteiger charge is 2.10. The minimum absolute atomic E-state index is 0.182. The second kappa shape index (κ2) is 7.26. The first-order valence-corrected chi connectivity index (χ1v) is 6.97. The highest BCUT2D eigenvalue weighted by molar-refractivity contribution is 5.93. The smallest absolute Gasteiger partial charge is 0.274 e. The van der Waals surface area contributed by atoms with E-state index in [1.54, 1.807) is 12.1 Å². The van der Waals surface area contributed by atoms with Crippen molar-refractivity contribution in [3.63, 3.8) is 0 Å². The first-order chi connectivity index (χ1) is 9.25. The third kappa shape index (κ3) is 4.65. The Morgan fingerprint density at radius 3 is 2.58 bits per heavy atom. The van der Waals surface area contributed by atoms with Gasteiger partial charge >= 0.3 is 0 Å². The van der Waals surface area contributed by atoms with Crippen molar-refractivity contribution in [1.29, 1.82) is 0 Å². The molecule has 0 aromatic heterocycles. The predicted octanol–water partition coefficient (Wildman–Crippen LogP) is 2.14. The van der Waals surface area contributed by atoms with Gasteiger partial charge in [-0.25, -0.2) is 5.48 Å². The highest BCUT2D eigenvalue weighted by atomic mass is 16.6. The molecule has 0 radical (unpaired) electrons. The lowest BCUT2D eigenvalue weighted by molar-refractivity contribution is 0.0206. The summed E-state index contributed by atoms with van der Waals surface area (Å²) in [4.78, 5) is 19.4. The van der Waals surface area contributed by atoms with Gasteiger partial charge < -0.3 is 4.90 Å². The third-order valence-corrected chi connectivity index (χ3v) is 3.44. The molecular weight excluding hydrogens is 240 g/mol. The summed E-state index contributed by atoms with van der Waals surface area (Å²) in [6.07, 6.45) is 3.88. The van der Waals surface area contributed by atoms with Crippen LogP contribution in [-0.4, -0.2) is 37.0 Å². The van der Waals surface area contributed by atoms with E-state index in [4.69, 9.17) is 4.84 Å². The quantitative estimate of drug-likeness (QED) is 0.653. The average molecular weight is 262 g/mol. The van der Waals surface area contributed by atoms with Gasteiger partial charge in [0.1, 0.15) is 0 Å². The minimum Gasteiger partial charge on any atom is -0.301 e. The molecule has 4 nitrogen and oxygen atoms in total. The van der Waals surface area contributed by atoms with Crippen molar-refractivity contribution in [2.24, 2.45) is 0 Å². The van der Waals surface area contributed by atoms with Gasteiger partial charge in [-0.3, -0.25) is 9.63 Å². The standard InChI is InChI=1S/C15H22N2O2/c1-13-5-7-14(8-6-13)15(18)16-19-12-11-17-9-3-2-4-10-17/h5-8H,2-4,9-12H2,1H3,(H,16,18). The molecule has 0 unspecified atom stereocenters. The maximum absolute atomic E-state index is 11.8. The number of nitrogens with zero attached hydrogens (tertiary/aromatic N) is 1. The molecule has 1 saturated heterocycles. The third-order valence-electron chi connectivity index (χ3n) is 3.44. The Morgan fingerprint density at radius 1 is 1.21 bits per heavy atom. The summed E-state index contributed by atoms with van der Waals surface area (Å²) in [5.41, 5.74) is 4.26. The van der Waals surface area contributed by atoms with Crippen molar-refractivity contribution < 1.29 is 9.63 Å². The fourth-order valence-electron chi connectivity index (χ4n) is 2.24. The van der Waals surface area contributed by atoms with Crippen molar-refractivity contribution in [2.75, 3.05) is 26.2 Å². The van der Waals surface area contributed by atoms with Crippen LogP contribution >= 0.6 is 0 Å². The van der Waals surface area contributed by atoms with Crippen LogP contribution in [0.1, 0.15) is 35.2 Å². The molecule has 1 heterocycles. The summed E-state index contributed by atoms with van der Waals surface area (Å²) in [6, 6.07) is 7.45. The number of benzene rings is 1. The molecule has 0 aliphatic carbocycles. The maximum atomic E-state index is 11.8. The van der Waals surface area contributed by atoms with Gasteiger partial charge in [0.2, 0.25) is 0 Å². The number of rotatable bonds is 5. The van der Waals surface area contributed by atoms with Crippen LogP contribution in [0, 0.1) is 6.92 Å². The summed E-state index contributed by atoms with van der Waals surface area (Å²) in [6.45, 7) is 5.72. The normalized spacial score (nSPS) is 16.3. The van der Waals surface area contributed by atoms with Gasteiger partial charge in [-0.15, -0.1) is 0 Å². The first-order valence-electron chi connectivity index (χ1n) is 6.97. The van der Waals surface area contributed by atoms with Gasteiger partial charge in [-0.1, -0.05) is 24.1 Å². The summed E-state index contributed by atoms with van der Waals surface area (Å²) in [5, 5.41) is 0. The molecule has 1 fully saturated rings. The van der Waals surface area contributed by atoms with Crippen LogP contribution < -0.4 is 5.48 Å². The number of likely N-dealkylation sites (tertiary alicyclic amines) is 1. The Morgan fingerprint density at radius 2 is 1.89 bits per heavy atom. The van der Waals surface area contributed by atoms with E-state index in [-0.39, 0.29) is 5.91 Å². The van der Waals surface area contributed by atoms with Gasteiger partial charge in [0.05, 0.1) is 6.61 Å². The minimum atomic E-state index is -0.182. The predicted molar refractivity (Wildman–Crippen MR) is 74.9 cm³/mol. The fourth-order valence-corrected chi connectivity index (χ4v) is 2.24. The first kappa shape index (κ1) is 14.0. The molecule has 0 spiro atoms. The highest BCUT2D eigenvalue weighted by Crippen LogP contribution is 2.07. The van der Waals surface area contributed by atoms with Crippen LogP contribution in [0.5, 0.6) is 0 Å². The molecule has 1 aliphatic rings. The Bertz CT molecular complexity index is 397. The van der Waals surface area contributed by atoms with Gasteiger partial charge in [0.15, 0.2) is 0 Å². The van der Waals surface area contributed by atoms with Crippen LogP contribution in [-0.2, 0) is 4.84 Å². The van der Waals surface area contributed by atoms with Crippen LogP contribution in [0.15, 0.2) is 24.3 Å². The molecule has 104 valence electrons. The largest absolute Gasteiger partial charge is 0.301 e. The summed E-state index contributed by atoms with van der Waals surface area (Å²) >= 11 is 0. The molecule has 1 aliphatic heterocycles. The van der Waals surface area contributed by atoms with Crippen molar-refractivity contribution >= 4 is 5.91 Å². The summed E-state index contributed by atoms with van der Waals surface area (Å²) in [7, 11) is 0. The number of amides is 1. The van der Waals surface area contributed by atoms with E-state index >= 15 is 0 Å². The van der Waals surface area contributed by atoms with E-state index in [0.717, 1.165) is 25.2 Å². The van der Waals surface area contributed by atoms with Crippen molar-refractivity contribution in [2.45, 2.75) is 26.2 Å². The van der Waals surface area contributed by atoms with Crippen molar-refractivity contribution in [1.82, 2.24) is 10.4 Å². The second-order valence-corrected chi connectivity index (χ2v) is 5.05. The van der Waals surface area contributed by atoms with E-state index < -0.39 is 0 Å². The van der Waals surface area contributed by atoms with Crippen LogP contribution in [0.3, 0.4) is 0 Å². The van der Waals surface area contributed by atoms with Crippen LogP contribution in [0.25, 0.3) is 0 Å². The zero-order valence-corrected chi connectivity index (χ0v) is 11.5. The van der Waals surface area contributed by atoms with E-state index in [2.05, 4.69) is 10.4 Å². The lowest BCUT2D eigenvalue weighted by Crippen LogP contribution is -2.35. The van der Waals surface area contributed by atoms with E-state index in [1.807, 2.05) is 19.1 Å². The molecule has 19 heavy (non-hydrogen) atoms. The molecule has 1 aromatic carbocycles. The number of carbonyl (C=O) groups excluding carboxylic acids is 1. The zero-order valence-electron chi connectivity index (χ0n) is 11.5. The lowest BCUT2D eigenvalue weighted by Gasteiger charge is -2.25. The van der Waals surface area contributed by atoms with E-state index in [0.29, 0.717) is 12.2 Å². The van der Waals surface area contributed by atoms with Crippen molar-refractivity contribution in [3.8, 4) is 0 Å². The van der Waals surface area contributed by atoms with Gasteiger partial charge in [-0.2, -0.15) is 0 Å². The Labute approximate surface area is 114 Å². The van der Waals surface area contributed by atoms with E-state index in [9.17, 15) is 4.79 Å². The van der Waals surface area contributed by atoms with E-state index in [1.165, 1.54) is 19.3 Å². The Kier molecular flexibility index (Phi) is 5.36. The zero-order chi connectivity index (χ0) is 13.5. The summed E-state index contributed by atoms with van der Waals surface area (Å²) in [5.74, 6) is -0.182. The second-order valence-electron chi connectivity index (χ2n) is 5.05. The monoisotopic (exact) mass is 262 g/mol. The molecule has 1 amide bonds. The fraction of sp³-hybridized carbons (Fsp3) is 0.533. The van der Waals surface area contributed by atoms with Gasteiger partial charge in [-0.05, 0) is 45.0 Å². The number of hydrogen-bond acceptors (Lipinski definition) is 3. The number of hydroxylamine groups is 1. The number of piperidine rings is 1. The number of aryl methyl sites for hydroxylation is 1. The van der Waals surface area contributed by atoms with Crippen LogP contribution in [0.4, 0.5) is 0 Å². The number of nitrogens with one attached hydrogen (secondary N) is 1. The van der Waals surface area contributed by atoms with Gasteiger partial charge in [0, 0.05) is 12.1 Å². The number of carbonyl (C=O) groups is 1.